The number of benzene rings is 2. The normalized spacial score (nSPS) is 20.5. The van der Waals surface area contributed by atoms with E-state index in [-0.39, 0.29) is 17.9 Å². The van der Waals surface area contributed by atoms with Gasteiger partial charge in [-0.3, -0.25) is 4.79 Å². The molecule has 0 bridgehead atoms. The number of nitrogens with one attached hydrogen (secondary N) is 1. The van der Waals surface area contributed by atoms with Gasteiger partial charge in [0.2, 0.25) is 5.91 Å². The molecule has 0 spiro atoms. The molecule has 1 saturated heterocycles. The van der Waals surface area contributed by atoms with E-state index in [1.165, 1.54) is 22.5 Å². The summed E-state index contributed by atoms with van der Waals surface area (Å²) in [4.78, 5) is 17.8. The van der Waals surface area contributed by atoms with Crippen molar-refractivity contribution in [1.82, 2.24) is 5.32 Å². The van der Waals surface area contributed by atoms with Crippen LogP contribution in [-0.4, -0.2) is 45.2 Å². The molecule has 0 aromatic heterocycles. The summed E-state index contributed by atoms with van der Waals surface area (Å²) in [6, 6.07) is 15.0. The number of nitrogens with zero attached hydrogens (tertiary/aromatic N) is 2. The summed E-state index contributed by atoms with van der Waals surface area (Å²) < 4.78 is 5.46. The van der Waals surface area contributed by atoms with Crippen LogP contribution in [0.2, 0.25) is 0 Å². The first-order valence-corrected chi connectivity index (χ1v) is 10.2. The zero-order valence-corrected chi connectivity index (χ0v) is 17.2. The Kier molecular flexibility index (Phi) is 5.47. The van der Waals surface area contributed by atoms with E-state index in [9.17, 15) is 4.79 Å². The number of rotatable bonds is 5. The lowest BCUT2D eigenvalue weighted by atomic mass is 9.83. The number of hydrogen-bond donors (Lipinski definition) is 1. The van der Waals surface area contributed by atoms with E-state index in [1.54, 1.807) is 13.2 Å². The maximum Gasteiger partial charge on any atom is 0.225 e. The molecule has 2 aromatic rings. The second-order valence-corrected chi connectivity index (χ2v) is 7.88. The maximum absolute atomic E-state index is 13.0. The largest absolute Gasteiger partial charge is 0.497 e. The Morgan fingerprint density at radius 2 is 2.03 bits per heavy atom. The van der Waals surface area contributed by atoms with Crippen LogP contribution < -0.4 is 19.9 Å². The van der Waals surface area contributed by atoms with Crippen molar-refractivity contribution < 1.29 is 9.53 Å². The van der Waals surface area contributed by atoms with Crippen LogP contribution in [-0.2, 0) is 11.2 Å². The van der Waals surface area contributed by atoms with Gasteiger partial charge < -0.3 is 19.9 Å². The number of ether oxygens (including phenoxy) is 1. The Morgan fingerprint density at radius 1 is 1.24 bits per heavy atom. The number of hydrogen-bond acceptors (Lipinski definition) is 4. The van der Waals surface area contributed by atoms with Crippen LogP contribution in [0.15, 0.2) is 55.1 Å². The van der Waals surface area contributed by atoms with Crippen LogP contribution in [0, 0.1) is 12.8 Å². The third-order valence-electron chi connectivity index (χ3n) is 6.08. The van der Waals surface area contributed by atoms with Crippen molar-refractivity contribution in [2.24, 2.45) is 5.92 Å². The quantitative estimate of drug-likeness (QED) is 0.796. The summed E-state index contributed by atoms with van der Waals surface area (Å²) in [5, 5.41) is 3.02. The number of carbonyl (C=O) groups is 1. The Morgan fingerprint density at radius 3 is 2.76 bits per heavy atom. The standard InChI is InChI=1S/C24H29N3O2/c1-4-11-25-24(28)21-14-18-7-10-20(29-3)15-22(18)27-13-12-26(16-23(21)27)19-8-5-17(2)6-9-19/h4-10,15,21,23H,1,11-14,16H2,2-3H3,(H,25,28)/t21-,23-/m1/s1. The Labute approximate surface area is 173 Å². The van der Waals surface area contributed by atoms with Gasteiger partial charge in [-0.25, -0.2) is 0 Å². The maximum atomic E-state index is 13.0. The molecule has 5 nitrogen and oxygen atoms in total. The average Bonchev–Trinajstić information content (AvgIpc) is 2.76. The molecule has 1 fully saturated rings. The van der Waals surface area contributed by atoms with Crippen LogP contribution in [0.4, 0.5) is 11.4 Å². The highest BCUT2D eigenvalue weighted by Crippen LogP contribution is 2.38. The van der Waals surface area contributed by atoms with E-state index in [4.69, 9.17) is 4.74 Å². The van der Waals surface area contributed by atoms with E-state index >= 15 is 0 Å². The lowest BCUT2D eigenvalue weighted by Gasteiger charge is -2.49. The first-order chi connectivity index (χ1) is 14.1. The molecule has 1 N–H and O–H groups in total. The minimum atomic E-state index is -0.0934. The predicted octanol–water partition coefficient (Wildman–Crippen LogP) is 3.17. The molecule has 4 rings (SSSR count). The lowest BCUT2D eigenvalue weighted by Crippen LogP contribution is -2.61. The SMILES string of the molecule is C=CCNC(=O)[C@@H]1Cc2ccc(OC)cc2N2CCN(c3ccc(C)cc3)C[C@H]12. The van der Waals surface area contributed by atoms with Crippen LogP contribution in [0.5, 0.6) is 5.75 Å². The molecule has 2 heterocycles. The van der Waals surface area contributed by atoms with E-state index in [0.717, 1.165) is 31.8 Å². The number of carbonyl (C=O) groups excluding carboxylic acids is 1. The monoisotopic (exact) mass is 391 g/mol. The number of fused-ring (bicyclic) bond motifs is 3. The summed E-state index contributed by atoms with van der Waals surface area (Å²) in [7, 11) is 1.70. The van der Waals surface area contributed by atoms with Crippen molar-refractivity contribution in [3.8, 4) is 5.75 Å². The highest BCUT2D eigenvalue weighted by molar-refractivity contribution is 5.82. The first kappa shape index (κ1) is 19.4. The summed E-state index contributed by atoms with van der Waals surface area (Å²) in [5.41, 5.74) is 4.89. The van der Waals surface area contributed by atoms with E-state index in [1.807, 2.05) is 6.07 Å². The van der Waals surface area contributed by atoms with Crippen molar-refractivity contribution in [2.45, 2.75) is 19.4 Å². The summed E-state index contributed by atoms with van der Waals surface area (Å²) in [6.07, 6.45) is 2.47. The van der Waals surface area contributed by atoms with Crippen molar-refractivity contribution in [2.75, 3.05) is 43.1 Å². The van der Waals surface area contributed by atoms with Crippen LogP contribution in [0.3, 0.4) is 0 Å². The number of piperazine rings is 1. The highest BCUT2D eigenvalue weighted by Gasteiger charge is 2.41. The molecule has 0 saturated carbocycles. The predicted molar refractivity (Wildman–Crippen MR) is 118 cm³/mol. The number of anilines is 2. The molecule has 2 aliphatic rings. The highest BCUT2D eigenvalue weighted by atomic mass is 16.5. The van der Waals surface area contributed by atoms with Crippen molar-refractivity contribution >= 4 is 17.3 Å². The molecule has 152 valence electrons. The third kappa shape index (κ3) is 3.82. The summed E-state index contributed by atoms with van der Waals surface area (Å²) in [6.45, 7) is 8.96. The second kappa shape index (κ2) is 8.19. The molecule has 5 heteroatoms. The fraction of sp³-hybridized carbons (Fsp3) is 0.375. The molecule has 29 heavy (non-hydrogen) atoms. The van der Waals surface area contributed by atoms with Gasteiger partial charge in [0.25, 0.3) is 0 Å². The van der Waals surface area contributed by atoms with Crippen molar-refractivity contribution in [1.29, 1.82) is 0 Å². The molecule has 2 atom stereocenters. The third-order valence-corrected chi connectivity index (χ3v) is 6.08. The summed E-state index contributed by atoms with van der Waals surface area (Å²) in [5.74, 6) is 0.870. The van der Waals surface area contributed by atoms with Gasteiger partial charge in [0.1, 0.15) is 5.75 Å². The van der Waals surface area contributed by atoms with Crippen LogP contribution in [0.25, 0.3) is 0 Å². The van der Waals surface area contributed by atoms with Gasteiger partial charge in [-0.15, -0.1) is 6.58 Å². The molecule has 0 unspecified atom stereocenters. The molecule has 0 radical (unpaired) electrons. The topological polar surface area (TPSA) is 44.8 Å². The van der Waals surface area contributed by atoms with Gasteiger partial charge in [0, 0.05) is 43.6 Å². The Bertz CT molecular complexity index is 893. The van der Waals surface area contributed by atoms with Gasteiger partial charge in [0.15, 0.2) is 0 Å². The van der Waals surface area contributed by atoms with Gasteiger partial charge in [-0.05, 0) is 37.1 Å². The molecular formula is C24H29N3O2. The summed E-state index contributed by atoms with van der Waals surface area (Å²) >= 11 is 0. The fourth-order valence-corrected chi connectivity index (χ4v) is 4.50. The van der Waals surface area contributed by atoms with E-state index in [2.05, 4.69) is 65.0 Å². The number of methoxy groups -OCH3 is 1. The van der Waals surface area contributed by atoms with Crippen molar-refractivity contribution in [3.63, 3.8) is 0 Å². The fourth-order valence-electron chi connectivity index (χ4n) is 4.50. The van der Waals surface area contributed by atoms with Gasteiger partial charge in [-0.2, -0.15) is 0 Å². The zero-order valence-electron chi connectivity index (χ0n) is 17.2. The average molecular weight is 392 g/mol. The zero-order chi connectivity index (χ0) is 20.4. The lowest BCUT2D eigenvalue weighted by molar-refractivity contribution is -0.125. The second-order valence-electron chi connectivity index (χ2n) is 7.88. The number of amides is 1. The molecule has 2 aliphatic heterocycles. The van der Waals surface area contributed by atoms with Crippen LogP contribution >= 0.6 is 0 Å². The Balaban J connectivity index is 1.65. The minimum Gasteiger partial charge on any atom is -0.497 e. The molecular weight excluding hydrogens is 362 g/mol. The smallest absolute Gasteiger partial charge is 0.225 e. The van der Waals surface area contributed by atoms with Crippen molar-refractivity contribution in [3.05, 3.63) is 66.2 Å². The van der Waals surface area contributed by atoms with E-state index in [0.29, 0.717) is 6.54 Å². The molecule has 1 amide bonds. The van der Waals surface area contributed by atoms with Gasteiger partial charge in [0.05, 0.1) is 19.1 Å². The molecule has 2 aromatic carbocycles. The van der Waals surface area contributed by atoms with E-state index < -0.39 is 0 Å². The first-order valence-electron chi connectivity index (χ1n) is 10.2. The minimum absolute atomic E-state index is 0.0934. The molecule has 0 aliphatic carbocycles. The van der Waals surface area contributed by atoms with Crippen LogP contribution in [0.1, 0.15) is 11.1 Å². The van der Waals surface area contributed by atoms with Gasteiger partial charge in [-0.1, -0.05) is 29.8 Å². The Hall–Kier alpha value is -2.95. The van der Waals surface area contributed by atoms with Gasteiger partial charge >= 0.3 is 0 Å². The number of aryl methyl sites for hydroxylation is 1.